The van der Waals surface area contributed by atoms with Crippen LogP contribution in [0.2, 0.25) is 0 Å². The normalized spacial score (nSPS) is 16.6. The van der Waals surface area contributed by atoms with E-state index in [-0.39, 0.29) is 23.8 Å². The predicted octanol–water partition coefficient (Wildman–Crippen LogP) is 7.08. The standard InChI is InChI=1S/C30H32FNO3S/c1-3-34-29(33)19-35-28-12-10-26(15-21(28)2)36-32-18-24-16-23(22-7-6-8-25(31)17-22)9-11-27(24)30(20-32)13-4-5-14-30/h6-12,15-17H,3-5,13-14,18-20H2,1-2H3. The molecule has 3 aromatic carbocycles. The van der Waals surface area contributed by atoms with Crippen molar-refractivity contribution in [2.45, 2.75) is 56.4 Å². The highest BCUT2D eigenvalue weighted by Crippen LogP contribution is 2.48. The highest BCUT2D eigenvalue weighted by molar-refractivity contribution is 7.97. The lowest BCUT2D eigenvalue weighted by Crippen LogP contribution is -2.41. The van der Waals surface area contributed by atoms with Crippen molar-refractivity contribution in [3.05, 3.63) is 83.2 Å². The molecular weight excluding hydrogens is 473 g/mol. The zero-order valence-electron chi connectivity index (χ0n) is 20.9. The smallest absolute Gasteiger partial charge is 0.344 e. The molecule has 0 saturated heterocycles. The summed E-state index contributed by atoms with van der Waals surface area (Å²) in [5.41, 5.74) is 5.95. The van der Waals surface area contributed by atoms with E-state index in [1.165, 1.54) is 42.9 Å². The number of hydrogen-bond acceptors (Lipinski definition) is 5. The number of carbonyl (C=O) groups excluding carboxylic acids is 1. The van der Waals surface area contributed by atoms with Crippen LogP contribution in [0.5, 0.6) is 5.75 Å². The maximum absolute atomic E-state index is 13.9. The van der Waals surface area contributed by atoms with Gasteiger partial charge in [-0.3, -0.25) is 0 Å². The van der Waals surface area contributed by atoms with E-state index in [0.717, 1.165) is 34.7 Å². The molecule has 1 heterocycles. The first-order valence-corrected chi connectivity index (χ1v) is 13.4. The second-order valence-corrected chi connectivity index (χ2v) is 11.0. The number of ether oxygens (including phenoxy) is 2. The monoisotopic (exact) mass is 505 g/mol. The molecule has 188 valence electrons. The molecule has 3 aromatic rings. The van der Waals surface area contributed by atoms with E-state index in [9.17, 15) is 9.18 Å². The molecule has 36 heavy (non-hydrogen) atoms. The molecule has 0 unspecified atom stereocenters. The first-order chi connectivity index (χ1) is 17.5. The van der Waals surface area contributed by atoms with E-state index >= 15 is 0 Å². The summed E-state index contributed by atoms with van der Waals surface area (Å²) in [6, 6.07) is 19.7. The molecule has 1 aliphatic heterocycles. The van der Waals surface area contributed by atoms with Crippen molar-refractivity contribution in [2.75, 3.05) is 19.8 Å². The number of nitrogens with zero attached hydrogens (tertiary/aromatic N) is 1. The van der Waals surface area contributed by atoms with Gasteiger partial charge in [0.05, 0.1) is 6.61 Å². The molecule has 1 fully saturated rings. The number of carbonyl (C=O) groups is 1. The summed E-state index contributed by atoms with van der Waals surface area (Å²) in [5, 5.41) is 0. The minimum Gasteiger partial charge on any atom is -0.482 e. The maximum atomic E-state index is 13.9. The van der Waals surface area contributed by atoms with Gasteiger partial charge in [0.1, 0.15) is 11.6 Å². The van der Waals surface area contributed by atoms with Gasteiger partial charge in [-0.2, -0.15) is 0 Å². The van der Waals surface area contributed by atoms with Crippen molar-refractivity contribution in [3.63, 3.8) is 0 Å². The lowest BCUT2D eigenvalue weighted by atomic mass is 9.74. The van der Waals surface area contributed by atoms with E-state index in [4.69, 9.17) is 9.47 Å². The van der Waals surface area contributed by atoms with Crippen LogP contribution < -0.4 is 4.74 Å². The van der Waals surface area contributed by atoms with Crippen molar-refractivity contribution in [1.82, 2.24) is 4.31 Å². The largest absolute Gasteiger partial charge is 0.482 e. The first kappa shape index (κ1) is 24.8. The van der Waals surface area contributed by atoms with E-state index < -0.39 is 0 Å². The minimum absolute atomic E-state index is 0.0831. The molecule has 1 aliphatic carbocycles. The third-order valence-electron chi connectivity index (χ3n) is 7.25. The van der Waals surface area contributed by atoms with Crippen LogP contribution in [-0.2, 0) is 21.5 Å². The summed E-state index contributed by atoms with van der Waals surface area (Å²) >= 11 is 1.77. The number of hydrogen-bond donors (Lipinski definition) is 0. The van der Waals surface area contributed by atoms with Crippen LogP contribution in [0.25, 0.3) is 11.1 Å². The zero-order chi connectivity index (χ0) is 25.1. The van der Waals surface area contributed by atoms with Crippen molar-refractivity contribution < 1.29 is 18.7 Å². The van der Waals surface area contributed by atoms with Gasteiger partial charge in [0, 0.05) is 23.4 Å². The summed E-state index contributed by atoms with van der Waals surface area (Å²) in [7, 11) is 0. The highest BCUT2D eigenvalue weighted by atomic mass is 32.2. The second kappa shape index (κ2) is 10.7. The van der Waals surface area contributed by atoms with Crippen molar-refractivity contribution in [3.8, 4) is 16.9 Å². The molecule has 1 spiro atoms. The number of aryl methyl sites for hydroxylation is 1. The summed E-state index contributed by atoms with van der Waals surface area (Å²) in [6.45, 7) is 5.91. The number of rotatable bonds is 7. The Morgan fingerprint density at radius 2 is 1.86 bits per heavy atom. The van der Waals surface area contributed by atoms with Gasteiger partial charge in [0.25, 0.3) is 0 Å². The first-order valence-electron chi connectivity index (χ1n) is 12.7. The Labute approximate surface area is 216 Å². The summed E-state index contributed by atoms with van der Waals surface area (Å²) in [4.78, 5) is 12.8. The van der Waals surface area contributed by atoms with Crippen molar-refractivity contribution in [2.24, 2.45) is 0 Å². The molecule has 2 aliphatic rings. The minimum atomic E-state index is -0.359. The Kier molecular flexibility index (Phi) is 7.35. The van der Waals surface area contributed by atoms with E-state index in [2.05, 4.69) is 34.6 Å². The lowest BCUT2D eigenvalue weighted by molar-refractivity contribution is -0.145. The molecule has 0 bridgehead atoms. The molecule has 0 amide bonds. The average molecular weight is 506 g/mol. The molecule has 0 aromatic heterocycles. The predicted molar refractivity (Wildman–Crippen MR) is 142 cm³/mol. The molecule has 5 rings (SSSR count). The van der Waals surface area contributed by atoms with Gasteiger partial charge in [-0.1, -0.05) is 37.1 Å². The van der Waals surface area contributed by atoms with Gasteiger partial charge in [-0.05, 0) is 103 Å². The fourth-order valence-corrected chi connectivity index (χ4v) is 6.80. The van der Waals surface area contributed by atoms with Crippen LogP contribution in [0.3, 0.4) is 0 Å². The number of benzene rings is 3. The molecule has 0 radical (unpaired) electrons. The molecule has 4 nitrogen and oxygen atoms in total. The SMILES string of the molecule is CCOC(=O)COc1ccc(SN2Cc3cc(-c4cccc(F)c4)ccc3C3(CCCC3)C2)cc1C. The van der Waals surface area contributed by atoms with E-state index in [1.54, 1.807) is 31.0 Å². The Morgan fingerprint density at radius 3 is 2.61 bits per heavy atom. The Hall–Kier alpha value is -2.83. The Morgan fingerprint density at radius 1 is 1.06 bits per heavy atom. The van der Waals surface area contributed by atoms with E-state index in [0.29, 0.717) is 12.4 Å². The van der Waals surface area contributed by atoms with Gasteiger partial charge < -0.3 is 9.47 Å². The zero-order valence-corrected chi connectivity index (χ0v) is 21.7. The van der Waals surface area contributed by atoms with Gasteiger partial charge in [-0.15, -0.1) is 0 Å². The fraction of sp³-hybridized carbons (Fsp3) is 0.367. The van der Waals surface area contributed by atoms with Crippen LogP contribution in [0, 0.1) is 12.7 Å². The van der Waals surface area contributed by atoms with Crippen molar-refractivity contribution in [1.29, 1.82) is 0 Å². The third-order valence-corrected chi connectivity index (χ3v) is 8.23. The highest BCUT2D eigenvalue weighted by Gasteiger charge is 2.42. The Bertz CT molecular complexity index is 1250. The van der Waals surface area contributed by atoms with Gasteiger partial charge in [0.15, 0.2) is 6.61 Å². The third kappa shape index (κ3) is 5.30. The number of esters is 1. The molecule has 0 atom stereocenters. The van der Waals surface area contributed by atoms with E-state index in [1.807, 2.05) is 19.1 Å². The van der Waals surface area contributed by atoms with Crippen LogP contribution >= 0.6 is 11.9 Å². The van der Waals surface area contributed by atoms with Crippen LogP contribution in [0.15, 0.2) is 65.6 Å². The van der Waals surface area contributed by atoms with Gasteiger partial charge in [0.2, 0.25) is 0 Å². The molecular formula is C30H32FNO3S. The maximum Gasteiger partial charge on any atom is 0.344 e. The van der Waals surface area contributed by atoms with Crippen LogP contribution in [-0.4, -0.2) is 30.0 Å². The number of halogens is 1. The van der Waals surface area contributed by atoms with Gasteiger partial charge in [-0.25, -0.2) is 13.5 Å². The molecule has 0 N–H and O–H groups in total. The summed E-state index contributed by atoms with van der Waals surface area (Å²) < 4.78 is 27.0. The van der Waals surface area contributed by atoms with Crippen LogP contribution in [0.4, 0.5) is 4.39 Å². The fourth-order valence-electron chi connectivity index (χ4n) is 5.63. The summed E-state index contributed by atoms with van der Waals surface area (Å²) in [5.74, 6) is 0.130. The lowest BCUT2D eigenvalue weighted by Gasteiger charge is -2.42. The van der Waals surface area contributed by atoms with Crippen LogP contribution in [0.1, 0.15) is 49.3 Å². The summed E-state index contributed by atoms with van der Waals surface area (Å²) in [6.07, 6.45) is 4.93. The second-order valence-electron chi connectivity index (χ2n) is 9.78. The quantitative estimate of drug-likeness (QED) is 0.253. The average Bonchev–Trinajstić information content (AvgIpc) is 3.32. The molecule has 6 heteroatoms. The molecule has 1 saturated carbocycles. The topological polar surface area (TPSA) is 38.8 Å². The number of fused-ring (bicyclic) bond motifs is 2. The Balaban J connectivity index is 1.36. The van der Waals surface area contributed by atoms with Crippen molar-refractivity contribution >= 4 is 17.9 Å². The van der Waals surface area contributed by atoms with Gasteiger partial charge >= 0.3 is 5.97 Å².